The number of carbonyl (C=O) groups excluding carboxylic acids is 1. The highest BCUT2D eigenvalue weighted by atomic mass is 19.4. The number of rotatable bonds is 4. The van der Waals surface area contributed by atoms with Gasteiger partial charge in [-0.1, -0.05) is 0 Å². The standard InChI is InChI=1S/C16H21BF3N3O4/c1-9(24)21-7-10(17-26-14(2,3)15(4,5)27-17)6-11-12(16(18,19)20)22-8-23-13(11)25/h6,8H,7H2,1-5H3,(H,21,24)(H,22,23,25). The van der Waals surface area contributed by atoms with Gasteiger partial charge in [-0.25, -0.2) is 4.98 Å². The maximum absolute atomic E-state index is 13.2. The number of amides is 1. The van der Waals surface area contributed by atoms with Crippen molar-refractivity contribution in [2.75, 3.05) is 6.54 Å². The highest BCUT2D eigenvalue weighted by Crippen LogP contribution is 2.39. The molecule has 27 heavy (non-hydrogen) atoms. The molecule has 0 spiro atoms. The van der Waals surface area contributed by atoms with Gasteiger partial charge in [0.2, 0.25) is 5.91 Å². The molecule has 1 aromatic heterocycles. The zero-order chi connectivity index (χ0) is 20.6. The van der Waals surface area contributed by atoms with Gasteiger partial charge < -0.3 is 19.6 Å². The molecule has 2 N–H and O–H groups in total. The number of aromatic amines is 1. The third kappa shape index (κ3) is 4.59. The molecule has 1 aliphatic rings. The minimum atomic E-state index is -4.82. The summed E-state index contributed by atoms with van der Waals surface area (Å²) in [4.78, 5) is 28.7. The molecule has 0 aliphatic carbocycles. The topological polar surface area (TPSA) is 93.3 Å². The molecule has 2 heterocycles. The monoisotopic (exact) mass is 387 g/mol. The van der Waals surface area contributed by atoms with E-state index in [0.29, 0.717) is 6.33 Å². The molecule has 1 fully saturated rings. The largest absolute Gasteiger partial charge is 0.492 e. The molecule has 0 radical (unpaired) electrons. The van der Waals surface area contributed by atoms with Crippen molar-refractivity contribution in [3.63, 3.8) is 0 Å². The molecule has 2 rings (SSSR count). The van der Waals surface area contributed by atoms with Gasteiger partial charge in [-0.3, -0.25) is 9.59 Å². The molecule has 1 saturated heterocycles. The van der Waals surface area contributed by atoms with E-state index in [2.05, 4.69) is 15.3 Å². The predicted molar refractivity (Wildman–Crippen MR) is 92.6 cm³/mol. The Hall–Kier alpha value is -2.14. The lowest BCUT2D eigenvalue weighted by Crippen LogP contribution is -2.41. The summed E-state index contributed by atoms with van der Waals surface area (Å²) in [6.45, 7) is 8.22. The number of hydrogen-bond donors (Lipinski definition) is 2. The van der Waals surface area contributed by atoms with E-state index >= 15 is 0 Å². The van der Waals surface area contributed by atoms with E-state index in [1.54, 1.807) is 27.7 Å². The first-order valence-corrected chi connectivity index (χ1v) is 8.20. The van der Waals surface area contributed by atoms with Gasteiger partial charge in [0.25, 0.3) is 5.56 Å². The summed E-state index contributed by atoms with van der Waals surface area (Å²) < 4.78 is 51.4. The Morgan fingerprint density at radius 1 is 1.30 bits per heavy atom. The number of halogens is 3. The summed E-state index contributed by atoms with van der Waals surface area (Å²) in [7, 11) is -1.04. The fourth-order valence-corrected chi connectivity index (χ4v) is 2.38. The summed E-state index contributed by atoms with van der Waals surface area (Å²) >= 11 is 0. The molecular weight excluding hydrogens is 366 g/mol. The van der Waals surface area contributed by atoms with Crippen LogP contribution in [0.4, 0.5) is 13.2 Å². The number of H-pyrrole nitrogens is 1. The Bertz CT molecular complexity index is 802. The predicted octanol–water partition coefficient (Wildman–Crippen LogP) is 1.94. The maximum atomic E-state index is 13.2. The molecule has 148 valence electrons. The van der Waals surface area contributed by atoms with Crippen molar-refractivity contribution in [1.29, 1.82) is 0 Å². The van der Waals surface area contributed by atoms with Crippen LogP contribution in [-0.4, -0.2) is 40.7 Å². The quantitative estimate of drug-likeness (QED) is 0.771. The first-order valence-electron chi connectivity index (χ1n) is 8.20. The van der Waals surface area contributed by atoms with Crippen LogP contribution in [0.25, 0.3) is 6.08 Å². The smallest absolute Gasteiger partial charge is 0.400 e. The van der Waals surface area contributed by atoms with Crippen LogP contribution in [0.15, 0.2) is 16.6 Å². The first-order chi connectivity index (χ1) is 12.2. The maximum Gasteiger partial charge on any atom is 0.492 e. The van der Waals surface area contributed by atoms with Gasteiger partial charge in [0.05, 0.1) is 23.1 Å². The zero-order valence-corrected chi connectivity index (χ0v) is 15.7. The zero-order valence-electron chi connectivity index (χ0n) is 15.7. The number of hydrogen-bond acceptors (Lipinski definition) is 5. The van der Waals surface area contributed by atoms with Gasteiger partial charge in [0, 0.05) is 13.5 Å². The van der Waals surface area contributed by atoms with Crippen LogP contribution >= 0.6 is 0 Å². The third-order valence-corrected chi connectivity index (χ3v) is 4.58. The van der Waals surface area contributed by atoms with Crippen LogP contribution in [0.1, 0.15) is 45.9 Å². The first kappa shape index (κ1) is 21.2. The normalized spacial score (nSPS) is 19.3. The average Bonchev–Trinajstić information content (AvgIpc) is 2.71. The van der Waals surface area contributed by atoms with Crippen molar-refractivity contribution in [3.8, 4) is 0 Å². The van der Waals surface area contributed by atoms with Gasteiger partial charge in [0.15, 0.2) is 5.69 Å². The molecule has 0 bridgehead atoms. The number of nitrogens with zero attached hydrogens (tertiary/aromatic N) is 1. The van der Waals surface area contributed by atoms with Crippen LogP contribution in [0.5, 0.6) is 0 Å². The number of nitrogens with one attached hydrogen (secondary N) is 2. The van der Waals surface area contributed by atoms with E-state index in [1.165, 1.54) is 6.92 Å². The molecule has 1 aliphatic heterocycles. The minimum absolute atomic E-state index is 0.155. The Labute approximate surface area is 154 Å². The van der Waals surface area contributed by atoms with E-state index in [1.807, 2.05) is 0 Å². The van der Waals surface area contributed by atoms with E-state index < -0.39 is 47.2 Å². The molecular formula is C16H21BF3N3O4. The Morgan fingerprint density at radius 2 is 1.85 bits per heavy atom. The lowest BCUT2D eigenvalue weighted by Gasteiger charge is -2.32. The highest BCUT2D eigenvalue weighted by Gasteiger charge is 2.52. The molecule has 0 unspecified atom stereocenters. The van der Waals surface area contributed by atoms with Crippen LogP contribution in [-0.2, 0) is 20.3 Å². The third-order valence-electron chi connectivity index (χ3n) is 4.58. The lowest BCUT2D eigenvalue weighted by atomic mass is 9.77. The summed E-state index contributed by atoms with van der Waals surface area (Å²) in [6, 6.07) is 0. The second kappa shape index (κ2) is 7.12. The van der Waals surface area contributed by atoms with E-state index in [-0.39, 0.29) is 12.0 Å². The van der Waals surface area contributed by atoms with Gasteiger partial charge in [-0.2, -0.15) is 13.2 Å². The van der Waals surface area contributed by atoms with E-state index in [4.69, 9.17) is 9.31 Å². The molecule has 1 aromatic rings. The second-order valence-corrected chi connectivity index (χ2v) is 7.21. The van der Waals surface area contributed by atoms with Gasteiger partial charge >= 0.3 is 13.3 Å². The van der Waals surface area contributed by atoms with Gasteiger partial charge in [-0.15, -0.1) is 0 Å². The fourth-order valence-electron chi connectivity index (χ4n) is 2.38. The number of carbonyl (C=O) groups is 1. The van der Waals surface area contributed by atoms with Crippen molar-refractivity contribution >= 4 is 19.1 Å². The van der Waals surface area contributed by atoms with Crippen molar-refractivity contribution in [2.45, 2.75) is 52.0 Å². The van der Waals surface area contributed by atoms with Crippen LogP contribution < -0.4 is 10.9 Å². The van der Waals surface area contributed by atoms with Crippen molar-refractivity contribution < 1.29 is 27.3 Å². The highest BCUT2D eigenvalue weighted by molar-refractivity contribution is 6.56. The fraction of sp³-hybridized carbons (Fsp3) is 0.562. The molecule has 0 atom stereocenters. The van der Waals surface area contributed by atoms with E-state index in [9.17, 15) is 22.8 Å². The summed E-state index contributed by atoms with van der Waals surface area (Å²) in [5.41, 5.74) is -4.31. The Morgan fingerprint density at radius 3 is 2.33 bits per heavy atom. The Kier molecular flexibility index (Phi) is 5.58. The van der Waals surface area contributed by atoms with Gasteiger partial charge in [0.1, 0.15) is 0 Å². The Balaban J connectivity index is 2.54. The summed E-state index contributed by atoms with van der Waals surface area (Å²) in [6.07, 6.45) is -3.13. The van der Waals surface area contributed by atoms with Crippen LogP contribution in [0.3, 0.4) is 0 Å². The van der Waals surface area contributed by atoms with Crippen LogP contribution in [0, 0.1) is 0 Å². The molecule has 7 nitrogen and oxygen atoms in total. The van der Waals surface area contributed by atoms with Crippen molar-refractivity contribution in [1.82, 2.24) is 15.3 Å². The van der Waals surface area contributed by atoms with Crippen LogP contribution in [0.2, 0.25) is 0 Å². The molecule has 11 heteroatoms. The minimum Gasteiger partial charge on any atom is -0.400 e. The molecule has 0 aromatic carbocycles. The van der Waals surface area contributed by atoms with Crippen molar-refractivity contribution in [3.05, 3.63) is 33.4 Å². The average molecular weight is 387 g/mol. The summed E-state index contributed by atoms with van der Waals surface area (Å²) in [5, 5.41) is 2.49. The number of aromatic nitrogens is 2. The second-order valence-electron chi connectivity index (χ2n) is 7.21. The summed E-state index contributed by atoms with van der Waals surface area (Å²) in [5.74, 6) is -0.395. The van der Waals surface area contributed by atoms with E-state index in [0.717, 1.165) is 6.08 Å². The molecule has 0 saturated carbocycles. The molecule has 1 amide bonds. The van der Waals surface area contributed by atoms with Gasteiger partial charge in [-0.05, 0) is 39.2 Å². The lowest BCUT2D eigenvalue weighted by molar-refractivity contribution is -0.141. The van der Waals surface area contributed by atoms with Crippen molar-refractivity contribution in [2.24, 2.45) is 0 Å². The number of alkyl halides is 3. The SMILES string of the molecule is CC(=O)NCC(=Cc1c(C(F)(F)F)nc[nH]c1=O)B1OC(C)(C)C(C)(C)O1.